The van der Waals surface area contributed by atoms with Gasteiger partial charge in [-0.15, -0.1) is 0 Å². The third-order valence-corrected chi connectivity index (χ3v) is 3.49. The Morgan fingerprint density at radius 2 is 1.70 bits per heavy atom. The summed E-state index contributed by atoms with van der Waals surface area (Å²) >= 11 is 0. The van der Waals surface area contributed by atoms with Gasteiger partial charge in [-0.1, -0.05) is 34.1 Å². The third kappa shape index (κ3) is 4.29. The van der Waals surface area contributed by atoms with Crippen LogP contribution in [0.25, 0.3) is 0 Å². The van der Waals surface area contributed by atoms with Crippen LogP contribution in [0.15, 0.2) is 12.4 Å². The number of rotatable bonds is 8. The fourth-order valence-electron chi connectivity index (χ4n) is 2.36. The van der Waals surface area contributed by atoms with Crippen LogP contribution in [0.4, 0.5) is 5.95 Å². The van der Waals surface area contributed by atoms with Gasteiger partial charge in [-0.3, -0.25) is 9.69 Å². The molecule has 1 aromatic heterocycles. The quantitative estimate of drug-likeness (QED) is 0.727. The second-order valence-corrected chi connectivity index (χ2v) is 5.13. The van der Waals surface area contributed by atoms with Crippen LogP contribution in [0.3, 0.4) is 0 Å². The molecule has 1 aromatic rings. The van der Waals surface area contributed by atoms with E-state index in [1.165, 1.54) is 0 Å². The van der Waals surface area contributed by atoms with Gasteiger partial charge in [0.1, 0.15) is 0 Å². The van der Waals surface area contributed by atoms with Crippen molar-refractivity contribution in [1.82, 2.24) is 9.97 Å². The zero-order valence-corrected chi connectivity index (χ0v) is 13.2. The molecule has 0 aromatic carbocycles. The van der Waals surface area contributed by atoms with E-state index in [-0.39, 0.29) is 11.9 Å². The largest absolute Gasteiger partial charge is 0.278 e. The number of carbonyl (C=O) groups is 1. The molecule has 0 N–H and O–H groups in total. The highest BCUT2D eigenvalue weighted by Gasteiger charge is 2.24. The maximum absolute atomic E-state index is 12.4. The predicted molar refractivity (Wildman–Crippen MR) is 82.8 cm³/mol. The Hall–Kier alpha value is -1.45. The van der Waals surface area contributed by atoms with Crippen LogP contribution < -0.4 is 4.90 Å². The minimum Gasteiger partial charge on any atom is -0.278 e. The highest BCUT2D eigenvalue weighted by atomic mass is 16.2. The first kappa shape index (κ1) is 16.6. The minimum atomic E-state index is 0.129. The van der Waals surface area contributed by atoms with Gasteiger partial charge >= 0.3 is 0 Å². The Labute approximate surface area is 122 Å². The Bertz CT molecular complexity index is 399. The summed E-state index contributed by atoms with van der Waals surface area (Å²) in [4.78, 5) is 23.0. The summed E-state index contributed by atoms with van der Waals surface area (Å²) in [5, 5.41) is 0. The summed E-state index contributed by atoms with van der Waals surface area (Å²) in [6.45, 7) is 8.36. The number of amides is 1. The van der Waals surface area contributed by atoms with Gasteiger partial charge in [0.25, 0.3) is 0 Å². The van der Waals surface area contributed by atoms with Gasteiger partial charge in [0.05, 0.1) is 0 Å². The van der Waals surface area contributed by atoms with Crippen molar-refractivity contribution in [2.75, 3.05) is 4.90 Å². The van der Waals surface area contributed by atoms with Crippen LogP contribution >= 0.6 is 0 Å². The summed E-state index contributed by atoms with van der Waals surface area (Å²) in [7, 11) is 0. The maximum Gasteiger partial charge on any atom is 0.232 e. The van der Waals surface area contributed by atoms with E-state index in [1.807, 2.05) is 19.3 Å². The van der Waals surface area contributed by atoms with Crippen molar-refractivity contribution in [3.63, 3.8) is 0 Å². The normalized spacial score (nSPS) is 10.8. The molecule has 1 rings (SSSR count). The second-order valence-electron chi connectivity index (χ2n) is 5.13. The Morgan fingerprint density at radius 3 is 2.15 bits per heavy atom. The van der Waals surface area contributed by atoms with Gasteiger partial charge in [0.15, 0.2) is 0 Å². The Balaban J connectivity index is 2.99. The van der Waals surface area contributed by atoms with Crippen molar-refractivity contribution in [3.05, 3.63) is 18.0 Å². The van der Waals surface area contributed by atoms with Crippen LogP contribution in [0.5, 0.6) is 0 Å². The Morgan fingerprint density at radius 1 is 1.10 bits per heavy atom. The first-order chi connectivity index (χ1) is 9.67. The standard InChI is InChI=1S/C16H27N3O/c1-5-9-13-11-17-16(18-12-13)19(14(7-3)8-4)15(20)10-6-2/h11-12,14H,5-10H2,1-4H3. The molecule has 112 valence electrons. The van der Waals surface area contributed by atoms with Crippen LogP contribution in [-0.2, 0) is 11.2 Å². The molecule has 4 heteroatoms. The van der Waals surface area contributed by atoms with Gasteiger partial charge in [-0.25, -0.2) is 9.97 Å². The van der Waals surface area contributed by atoms with E-state index in [2.05, 4.69) is 30.7 Å². The first-order valence-electron chi connectivity index (χ1n) is 7.80. The van der Waals surface area contributed by atoms with Crippen LogP contribution in [0.1, 0.15) is 65.4 Å². The predicted octanol–water partition coefficient (Wildman–Crippen LogP) is 3.75. The number of hydrogen-bond acceptors (Lipinski definition) is 3. The summed E-state index contributed by atoms with van der Waals surface area (Å²) in [6.07, 6.45) is 9.00. The van der Waals surface area contributed by atoms with E-state index in [1.54, 1.807) is 4.90 Å². The number of nitrogens with zero attached hydrogens (tertiary/aromatic N) is 3. The molecule has 0 spiro atoms. The smallest absolute Gasteiger partial charge is 0.232 e. The number of anilines is 1. The molecule has 0 saturated heterocycles. The maximum atomic E-state index is 12.4. The second kappa shape index (κ2) is 8.67. The first-order valence-corrected chi connectivity index (χ1v) is 7.80. The lowest BCUT2D eigenvalue weighted by Gasteiger charge is -2.28. The average Bonchev–Trinajstić information content (AvgIpc) is 2.46. The summed E-state index contributed by atoms with van der Waals surface area (Å²) in [6, 6.07) is 0.186. The fraction of sp³-hybridized carbons (Fsp3) is 0.688. The zero-order valence-electron chi connectivity index (χ0n) is 13.2. The molecule has 0 fully saturated rings. The molecule has 0 bridgehead atoms. The average molecular weight is 277 g/mol. The Kier molecular flexibility index (Phi) is 7.20. The minimum absolute atomic E-state index is 0.129. The highest BCUT2D eigenvalue weighted by Crippen LogP contribution is 2.18. The van der Waals surface area contributed by atoms with Crippen LogP contribution in [0, 0.1) is 0 Å². The summed E-state index contributed by atoms with van der Waals surface area (Å²) < 4.78 is 0. The summed E-state index contributed by atoms with van der Waals surface area (Å²) in [5.41, 5.74) is 1.13. The van der Waals surface area contributed by atoms with Crippen molar-refractivity contribution in [2.24, 2.45) is 0 Å². The number of hydrogen-bond donors (Lipinski definition) is 0. The van der Waals surface area contributed by atoms with Crippen molar-refractivity contribution in [1.29, 1.82) is 0 Å². The lowest BCUT2D eigenvalue weighted by Crippen LogP contribution is -2.41. The van der Waals surface area contributed by atoms with Crippen molar-refractivity contribution >= 4 is 11.9 Å². The molecule has 1 heterocycles. The van der Waals surface area contributed by atoms with Gasteiger partial charge in [0, 0.05) is 24.9 Å². The molecule has 20 heavy (non-hydrogen) atoms. The van der Waals surface area contributed by atoms with Gasteiger partial charge in [-0.2, -0.15) is 0 Å². The SMILES string of the molecule is CCCC(=O)N(c1ncc(CCC)cn1)C(CC)CC. The molecule has 0 unspecified atom stereocenters. The molecule has 0 aliphatic rings. The highest BCUT2D eigenvalue weighted by molar-refractivity contribution is 5.92. The van der Waals surface area contributed by atoms with Crippen molar-refractivity contribution in [2.45, 2.75) is 72.3 Å². The fourth-order valence-corrected chi connectivity index (χ4v) is 2.36. The molecule has 0 aliphatic carbocycles. The van der Waals surface area contributed by atoms with Gasteiger partial charge in [-0.05, 0) is 31.2 Å². The molecular formula is C16H27N3O. The lowest BCUT2D eigenvalue weighted by atomic mass is 10.1. The van der Waals surface area contributed by atoms with Crippen molar-refractivity contribution in [3.8, 4) is 0 Å². The number of aromatic nitrogens is 2. The topological polar surface area (TPSA) is 46.1 Å². The molecule has 0 atom stereocenters. The van der Waals surface area contributed by atoms with Crippen LogP contribution in [-0.4, -0.2) is 21.9 Å². The molecule has 0 aliphatic heterocycles. The van der Waals surface area contributed by atoms with Crippen LogP contribution in [0.2, 0.25) is 0 Å². The van der Waals surface area contributed by atoms with E-state index in [0.29, 0.717) is 12.4 Å². The van der Waals surface area contributed by atoms with Crippen molar-refractivity contribution < 1.29 is 4.79 Å². The van der Waals surface area contributed by atoms with E-state index in [9.17, 15) is 4.79 Å². The number of carbonyl (C=O) groups excluding carboxylic acids is 1. The molecule has 0 radical (unpaired) electrons. The van der Waals surface area contributed by atoms with E-state index < -0.39 is 0 Å². The van der Waals surface area contributed by atoms with E-state index in [4.69, 9.17) is 0 Å². The van der Waals surface area contributed by atoms with E-state index >= 15 is 0 Å². The monoisotopic (exact) mass is 277 g/mol. The van der Waals surface area contributed by atoms with E-state index in [0.717, 1.165) is 37.7 Å². The molecule has 1 amide bonds. The molecular weight excluding hydrogens is 250 g/mol. The van der Waals surface area contributed by atoms with Gasteiger partial charge in [0.2, 0.25) is 11.9 Å². The zero-order chi connectivity index (χ0) is 15.0. The number of aryl methyl sites for hydroxylation is 1. The third-order valence-electron chi connectivity index (χ3n) is 3.49. The van der Waals surface area contributed by atoms with Gasteiger partial charge < -0.3 is 0 Å². The summed E-state index contributed by atoms with van der Waals surface area (Å²) in [5.74, 6) is 0.682. The molecule has 4 nitrogen and oxygen atoms in total. The molecule has 0 saturated carbocycles. The lowest BCUT2D eigenvalue weighted by molar-refractivity contribution is -0.119.